The number of ether oxygens (including phenoxy) is 2. The second kappa shape index (κ2) is 7.61. The molecule has 2 saturated carbocycles. The second-order valence-electron chi connectivity index (χ2n) is 6.52. The highest BCUT2D eigenvalue weighted by Crippen LogP contribution is 2.31. The molecule has 0 bridgehead atoms. The number of nitrogens with one attached hydrogen (secondary N) is 1. The van der Waals surface area contributed by atoms with E-state index in [1.54, 1.807) is 0 Å². The third kappa shape index (κ3) is 5.80. The van der Waals surface area contributed by atoms with E-state index < -0.39 is 0 Å². The molecule has 0 radical (unpaired) electrons. The predicted octanol–water partition coefficient (Wildman–Crippen LogP) is 3.27. The maximum absolute atomic E-state index is 6.29. The molecule has 0 aromatic carbocycles. The Bertz CT molecular complexity index is 243. The molecule has 0 aromatic heterocycles. The fraction of sp³-hybridized carbons (Fsp3) is 1.00. The molecule has 2 aliphatic carbocycles. The standard InChI is InChI=1S/C16H31NO2/c1-14(2)18-11-12-19-16(13-17-15-7-8-15)9-5-3-4-6-10-16/h14-15,17H,3-13H2,1-2H3. The first kappa shape index (κ1) is 15.3. The van der Waals surface area contributed by atoms with Crippen molar-refractivity contribution in [3.63, 3.8) is 0 Å². The van der Waals surface area contributed by atoms with Gasteiger partial charge in [0.1, 0.15) is 0 Å². The summed E-state index contributed by atoms with van der Waals surface area (Å²) in [4.78, 5) is 0. The maximum Gasteiger partial charge on any atom is 0.0807 e. The van der Waals surface area contributed by atoms with E-state index in [1.807, 2.05) is 0 Å². The van der Waals surface area contributed by atoms with Gasteiger partial charge in [0, 0.05) is 12.6 Å². The largest absolute Gasteiger partial charge is 0.376 e. The highest BCUT2D eigenvalue weighted by molar-refractivity contribution is 4.90. The van der Waals surface area contributed by atoms with Crippen molar-refractivity contribution >= 4 is 0 Å². The zero-order chi connectivity index (χ0) is 13.6. The Morgan fingerprint density at radius 2 is 1.74 bits per heavy atom. The smallest absolute Gasteiger partial charge is 0.0807 e. The van der Waals surface area contributed by atoms with E-state index in [9.17, 15) is 0 Å². The van der Waals surface area contributed by atoms with Crippen molar-refractivity contribution in [3.05, 3.63) is 0 Å². The summed E-state index contributed by atoms with van der Waals surface area (Å²) < 4.78 is 11.9. The van der Waals surface area contributed by atoms with Crippen molar-refractivity contribution in [2.24, 2.45) is 0 Å². The molecule has 2 rings (SSSR count). The van der Waals surface area contributed by atoms with Gasteiger partial charge in [0.05, 0.1) is 24.9 Å². The van der Waals surface area contributed by atoms with E-state index in [4.69, 9.17) is 9.47 Å². The minimum Gasteiger partial charge on any atom is -0.376 e. The SMILES string of the molecule is CC(C)OCCOC1(CNC2CC2)CCCCCC1. The van der Waals surface area contributed by atoms with Crippen LogP contribution in [0.25, 0.3) is 0 Å². The van der Waals surface area contributed by atoms with Crippen LogP contribution in [0.4, 0.5) is 0 Å². The normalized spacial score (nSPS) is 23.5. The number of hydrogen-bond acceptors (Lipinski definition) is 3. The molecule has 0 atom stereocenters. The van der Waals surface area contributed by atoms with Gasteiger partial charge in [0.15, 0.2) is 0 Å². The first-order valence-corrected chi connectivity index (χ1v) is 8.19. The Balaban J connectivity index is 1.77. The van der Waals surface area contributed by atoms with Gasteiger partial charge in [-0.3, -0.25) is 0 Å². The molecule has 19 heavy (non-hydrogen) atoms. The van der Waals surface area contributed by atoms with Gasteiger partial charge in [0.25, 0.3) is 0 Å². The van der Waals surface area contributed by atoms with Crippen LogP contribution in [-0.2, 0) is 9.47 Å². The third-order valence-electron chi connectivity index (χ3n) is 4.25. The van der Waals surface area contributed by atoms with Gasteiger partial charge >= 0.3 is 0 Å². The summed E-state index contributed by atoms with van der Waals surface area (Å²) in [6, 6.07) is 0.774. The van der Waals surface area contributed by atoms with Crippen LogP contribution in [0.15, 0.2) is 0 Å². The lowest BCUT2D eigenvalue weighted by atomic mass is 9.94. The molecule has 1 N–H and O–H groups in total. The van der Waals surface area contributed by atoms with Crippen molar-refractivity contribution < 1.29 is 9.47 Å². The molecule has 0 aliphatic heterocycles. The lowest BCUT2D eigenvalue weighted by Gasteiger charge is -2.33. The van der Waals surface area contributed by atoms with E-state index in [1.165, 1.54) is 51.4 Å². The first-order chi connectivity index (χ1) is 9.20. The van der Waals surface area contributed by atoms with Crippen molar-refractivity contribution in [1.29, 1.82) is 0 Å². The summed E-state index contributed by atoms with van der Waals surface area (Å²) in [7, 11) is 0. The molecule has 112 valence electrons. The zero-order valence-corrected chi connectivity index (χ0v) is 12.7. The molecule has 0 saturated heterocycles. The van der Waals surface area contributed by atoms with Gasteiger partial charge in [-0.1, -0.05) is 25.7 Å². The van der Waals surface area contributed by atoms with Crippen molar-refractivity contribution in [2.45, 2.75) is 83.0 Å². The van der Waals surface area contributed by atoms with Gasteiger partial charge in [-0.05, 0) is 39.5 Å². The first-order valence-electron chi connectivity index (χ1n) is 8.19. The van der Waals surface area contributed by atoms with Gasteiger partial charge < -0.3 is 14.8 Å². The fourth-order valence-corrected chi connectivity index (χ4v) is 2.90. The average Bonchev–Trinajstić information content (AvgIpc) is 3.20. The minimum absolute atomic E-state index is 0.0828. The van der Waals surface area contributed by atoms with Crippen molar-refractivity contribution in [1.82, 2.24) is 5.32 Å². The summed E-state index contributed by atoms with van der Waals surface area (Å²) >= 11 is 0. The van der Waals surface area contributed by atoms with E-state index in [-0.39, 0.29) is 5.60 Å². The van der Waals surface area contributed by atoms with Crippen molar-refractivity contribution in [2.75, 3.05) is 19.8 Å². The van der Waals surface area contributed by atoms with Crippen LogP contribution in [0.5, 0.6) is 0 Å². The highest BCUT2D eigenvalue weighted by Gasteiger charge is 2.33. The Kier molecular flexibility index (Phi) is 6.11. The van der Waals surface area contributed by atoms with Crippen LogP contribution >= 0.6 is 0 Å². The molecule has 0 spiro atoms. The summed E-state index contributed by atoms with van der Waals surface area (Å²) in [5, 5.41) is 3.68. The second-order valence-corrected chi connectivity index (χ2v) is 6.52. The minimum atomic E-state index is 0.0828. The summed E-state index contributed by atoms with van der Waals surface area (Å²) in [5.41, 5.74) is 0.0828. The lowest BCUT2D eigenvalue weighted by Crippen LogP contribution is -2.44. The topological polar surface area (TPSA) is 30.5 Å². The van der Waals surface area contributed by atoms with Crippen molar-refractivity contribution in [3.8, 4) is 0 Å². The predicted molar refractivity (Wildman–Crippen MR) is 78.5 cm³/mol. The Labute approximate surface area is 118 Å². The molecular weight excluding hydrogens is 238 g/mol. The van der Waals surface area contributed by atoms with E-state index >= 15 is 0 Å². The molecule has 0 unspecified atom stereocenters. The molecule has 2 aliphatic rings. The molecule has 3 nitrogen and oxygen atoms in total. The Morgan fingerprint density at radius 1 is 1.05 bits per heavy atom. The number of rotatable bonds is 8. The summed E-state index contributed by atoms with van der Waals surface area (Å²) in [5.74, 6) is 0. The molecule has 0 heterocycles. The Hall–Kier alpha value is -0.120. The molecular formula is C16H31NO2. The third-order valence-corrected chi connectivity index (χ3v) is 4.25. The fourth-order valence-electron chi connectivity index (χ4n) is 2.90. The van der Waals surface area contributed by atoms with Gasteiger partial charge in [-0.2, -0.15) is 0 Å². The van der Waals surface area contributed by atoms with E-state index in [0.29, 0.717) is 6.10 Å². The quantitative estimate of drug-likeness (QED) is 0.542. The van der Waals surface area contributed by atoms with Crippen LogP contribution in [-0.4, -0.2) is 37.5 Å². The molecule has 0 aromatic rings. The molecule has 2 fully saturated rings. The van der Waals surface area contributed by atoms with Crippen LogP contribution in [0.2, 0.25) is 0 Å². The summed E-state index contributed by atoms with van der Waals surface area (Å²) in [6.07, 6.45) is 10.8. The molecule has 3 heteroatoms. The zero-order valence-electron chi connectivity index (χ0n) is 12.7. The monoisotopic (exact) mass is 269 g/mol. The van der Waals surface area contributed by atoms with E-state index in [0.717, 1.165) is 25.8 Å². The van der Waals surface area contributed by atoms with Gasteiger partial charge in [-0.25, -0.2) is 0 Å². The maximum atomic E-state index is 6.29. The van der Waals surface area contributed by atoms with Gasteiger partial charge in [-0.15, -0.1) is 0 Å². The highest BCUT2D eigenvalue weighted by atomic mass is 16.5. The Morgan fingerprint density at radius 3 is 2.32 bits per heavy atom. The van der Waals surface area contributed by atoms with Crippen LogP contribution in [0.3, 0.4) is 0 Å². The molecule has 0 amide bonds. The van der Waals surface area contributed by atoms with E-state index in [2.05, 4.69) is 19.2 Å². The van der Waals surface area contributed by atoms with Crippen LogP contribution in [0.1, 0.15) is 65.2 Å². The number of hydrogen-bond donors (Lipinski definition) is 1. The van der Waals surface area contributed by atoms with Crippen LogP contribution in [0, 0.1) is 0 Å². The van der Waals surface area contributed by atoms with Crippen LogP contribution < -0.4 is 5.32 Å². The average molecular weight is 269 g/mol. The lowest BCUT2D eigenvalue weighted by molar-refractivity contribution is -0.0816. The summed E-state index contributed by atoms with van der Waals surface area (Å²) in [6.45, 7) is 6.67. The van der Waals surface area contributed by atoms with Gasteiger partial charge in [0.2, 0.25) is 0 Å².